The van der Waals surface area contributed by atoms with E-state index in [1.807, 2.05) is 30.3 Å². The van der Waals surface area contributed by atoms with E-state index in [0.29, 0.717) is 0 Å². The summed E-state index contributed by atoms with van der Waals surface area (Å²) in [4.78, 5) is 7.02. The number of fused-ring (bicyclic) bond motifs is 1. The van der Waals surface area contributed by atoms with Gasteiger partial charge in [0.25, 0.3) is 0 Å². The first-order valence-electron chi connectivity index (χ1n) is 6.55. The molecule has 0 spiro atoms. The minimum Gasteiger partial charge on any atom is -0.398 e. The van der Waals surface area contributed by atoms with Gasteiger partial charge in [0.05, 0.1) is 11.2 Å². The fraction of sp³-hybridized carbons (Fsp3) is 0.400. The van der Waals surface area contributed by atoms with Crippen LogP contribution < -0.4 is 5.73 Å². The maximum absolute atomic E-state index is 6.09. The van der Waals surface area contributed by atoms with Gasteiger partial charge in [0, 0.05) is 24.2 Å². The third-order valence-corrected chi connectivity index (χ3v) is 3.50. The second-order valence-corrected chi connectivity index (χ2v) is 5.36. The maximum Gasteiger partial charge on any atom is 0.0726 e. The summed E-state index contributed by atoms with van der Waals surface area (Å²) < 4.78 is 0. The van der Waals surface area contributed by atoms with Crippen LogP contribution in [-0.4, -0.2) is 23.5 Å². The molecule has 3 rings (SSSR count). The van der Waals surface area contributed by atoms with Crippen LogP contribution in [0.2, 0.25) is 0 Å². The predicted molar refractivity (Wildman–Crippen MR) is 75.2 cm³/mol. The molecule has 0 atom stereocenters. The van der Waals surface area contributed by atoms with E-state index >= 15 is 0 Å². The van der Waals surface area contributed by atoms with Gasteiger partial charge in [0.2, 0.25) is 0 Å². The molecule has 1 aliphatic rings. The third-order valence-electron chi connectivity index (χ3n) is 3.50. The zero-order valence-electron chi connectivity index (χ0n) is 10.8. The fourth-order valence-electron chi connectivity index (χ4n) is 2.42. The van der Waals surface area contributed by atoms with Crippen molar-refractivity contribution in [3.05, 3.63) is 36.0 Å². The lowest BCUT2D eigenvalue weighted by atomic mass is 10.1. The molecule has 1 aliphatic carbocycles. The lowest BCUT2D eigenvalue weighted by Crippen LogP contribution is -2.21. The van der Waals surface area contributed by atoms with Gasteiger partial charge in [-0.2, -0.15) is 0 Å². The highest BCUT2D eigenvalue weighted by molar-refractivity contribution is 5.90. The van der Waals surface area contributed by atoms with Crippen molar-refractivity contribution < 1.29 is 0 Å². The number of pyridine rings is 1. The Kier molecular flexibility index (Phi) is 2.92. The first-order valence-corrected chi connectivity index (χ1v) is 6.55. The SMILES string of the molecule is CN(Cc1cc(N)c2ccccc2n1)CC1CC1. The maximum atomic E-state index is 6.09. The average Bonchev–Trinajstić information content (AvgIpc) is 3.13. The molecule has 0 radical (unpaired) electrons. The first-order chi connectivity index (χ1) is 8.72. The van der Waals surface area contributed by atoms with Crippen LogP contribution in [0.3, 0.4) is 0 Å². The van der Waals surface area contributed by atoms with Gasteiger partial charge in [0.1, 0.15) is 0 Å². The van der Waals surface area contributed by atoms with Crippen LogP contribution in [-0.2, 0) is 6.54 Å². The van der Waals surface area contributed by atoms with E-state index in [0.717, 1.165) is 34.7 Å². The number of para-hydroxylation sites is 1. The lowest BCUT2D eigenvalue weighted by Gasteiger charge is -2.16. The van der Waals surface area contributed by atoms with Gasteiger partial charge < -0.3 is 10.6 Å². The van der Waals surface area contributed by atoms with Crippen molar-refractivity contribution in [3.63, 3.8) is 0 Å². The normalized spacial score (nSPS) is 15.4. The molecule has 3 nitrogen and oxygen atoms in total. The molecular formula is C15H19N3. The summed E-state index contributed by atoms with van der Waals surface area (Å²) in [6.07, 6.45) is 2.77. The Morgan fingerprint density at radius 2 is 2.11 bits per heavy atom. The summed E-state index contributed by atoms with van der Waals surface area (Å²) in [6, 6.07) is 10.1. The average molecular weight is 241 g/mol. The highest BCUT2D eigenvalue weighted by atomic mass is 15.1. The predicted octanol–water partition coefficient (Wildman–Crippen LogP) is 2.66. The second-order valence-electron chi connectivity index (χ2n) is 5.36. The standard InChI is InChI=1S/C15H19N3/c1-18(9-11-6-7-11)10-12-8-14(16)13-4-2-3-5-15(13)17-12/h2-5,8,11H,6-7,9-10H2,1H3,(H2,16,17). The highest BCUT2D eigenvalue weighted by Gasteiger charge is 2.22. The molecule has 1 heterocycles. The number of benzene rings is 1. The van der Waals surface area contributed by atoms with Crippen molar-refractivity contribution in [2.45, 2.75) is 19.4 Å². The number of nitrogen functional groups attached to an aromatic ring is 1. The Balaban J connectivity index is 1.82. The van der Waals surface area contributed by atoms with Crippen LogP contribution in [0.15, 0.2) is 30.3 Å². The van der Waals surface area contributed by atoms with E-state index < -0.39 is 0 Å². The Hall–Kier alpha value is -1.61. The Morgan fingerprint density at radius 1 is 1.33 bits per heavy atom. The molecule has 0 amide bonds. The van der Waals surface area contributed by atoms with E-state index in [4.69, 9.17) is 5.73 Å². The number of nitrogens with two attached hydrogens (primary N) is 1. The molecule has 94 valence electrons. The number of hydrogen-bond acceptors (Lipinski definition) is 3. The van der Waals surface area contributed by atoms with E-state index in [1.165, 1.54) is 19.4 Å². The number of anilines is 1. The van der Waals surface area contributed by atoms with Gasteiger partial charge in [-0.15, -0.1) is 0 Å². The quantitative estimate of drug-likeness (QED) is 0.894. The second kappa shape index (κ2) is 4.58. The molecule has 2 N–H and O–H groups in total. The van der Waals surface area contributed by atoms with Crippen molar-refractivity contribution in [2.24, 2.45) is 5.92 Å². The van der Waals surface area contributed by atoms with Crippen molar-refractivity contribution >= 4 is 16.6 Å². The largest absolute Gasteiger partial charge is 0.398 e. The Labute approximate surface area is 108 Å². The molecular weight excluding hydrogens is 222 g/mol. The number of nitrogens with zero attached hydrogens (tertiary/aromatic N) is 2. The van der Waals surface area contributed by atoms with Crippen molar-refractivity contribution in [1.29, 1.82) is 0 Å². The molecule has 1 saturated carbocycles. The van der Waals surface area contributed by atoms with Crippen LogP contribution >= 0.6 is 0 Å². The van der Waals surface area contributed by atoms with Gasteiger partial charge in [-0.1, -0.05) is 18.2 Å². The minimum absolute atomic E-state index is 0.829. The molecule has 0 bridgehead atoms. The summed E-state index contributed by atoms with van der Waals surface area (Å²) in [7, 11) is 2.16. The van der Waals surface area contributed by atoms with Crippen LogP contribution in [0.4, 0.5) is 5.69 Å². The van der Waals surface area contributed by atoms with E-state index in [9.17, 15) is 0 Å². The topological polar surface area (TPSA) is 42.1 Å². The number of hydrogen-bond donors (Lipinski definition) is 1. The molecule has 3 heteroatoms. The molecule has 0 aliphatic heterocycles. The van der Waals surface area contributed by atoms with Crippen LogP contribution in [0, 0.1) is 5.92 Å². The van der Waals surface area contributed by atoms with Crippen molar-refractivity contribution in [2.75, 3.05) is 19.3 Å². The summed E-state index contributed by atoms with van der Waals surface area (Å²) in [5, 5.41) is 1.05. The molecule has 0 saturated heterocycles. The van der Waals surface area contributed by atoms with Crippen LogP contribution in [0.1, 0.15) is 18.5 Å². The highest BCUT2D eigenvalue weighted by Crippen LogP contribution is 2.29. The molecule has 18 heavy (non-hydrogen) atoms. The Morgan fingerprint density at radius 3 is 2.89 bits per heavy atom. The fourth-order valence-corrected chi connectivity index (χ4v) is 2.42. The van der Waals surface area contributed by atoms with Gasteiger partial charge in [-0.05, 0) is 37.9 Å². The molecule has 1 aromatic heterocycles. The summed E-state index contributed by atoms with van der Waals surface area (Å²) >= 11 is 0. The van der Waals surface area contributed by atoms with Crippen LogP contribution in [0.25, 0.3) is 10.9 Å². The van der Waals surface area contributed by atoms with E-state index in [-0.39, 0.29) is 0 Å². The third kappa shape index (κ3) is 2.46. The monoisotopic (exact) mass is 241 g/mol. The van der Waals surface area contributed by atoms with Gasteiger partial charge in [-0.3, -0.25) is 4.98 Å². The zero-order chi connectivity index (χ0) is 12.5. The van der Waals surface area contributed by atoms with E-state index in [1.54, 1.807) is 0 Å². The molecule has 1 aromatic carbocycles. The molecule has 0 unspecified atom stereocenters. The minimum atomic E-state index is 0.829. The smallest absolute Gasteiger partial charge is 0.0726 e. The van der Waals surface area contributed by atoms with E-state index in [2.05, 4.69) is 16.9 Å². The summed E-state index contributed by atoms with van der Waals surface area (Å²) in [6.45, 7) is 2.06. The summed E-state index contributed by atoms with van der Waals surface area (Å²) in [5.41, 5.74) is 8.97. The van der Waals surface area contributed by atoms with Crippen molar-refractivity contribution in [3.8, 4) is 0 Å². The van der Waals surface area contributed by atoms with Gasteiger partial charge in [0.15, 0.2) is 0 Å². The van der Waals surface area contributed by atoms with Crippen molar-refractivity contribution in [1.82, 2.24) is 9.88 Å². The Bertz CT molecular complexity index is 561. The van der Waals surface area contributed by atoms with Crippen LogP contribution in [0.5, 0.6) is 0 Å². The van der Waals surface area contributed by atoms with Gasteiger partial charge >= 0.3 is 0 Å². The molecule has 1 fully saturated rings. The lowest BCUT2D eigenvalue weighted by molar-refractivity contribution is 0.310. The zero-order valence-corrected chi connectivity index (χ0v) is 10.8. The summed E-state index contributed by atoms with van der Waals surface area (Å²) in [5.74, 6) is 0.910. The number of rotatable bonds is 4. The number of aromatic nitrogens is 1. The van der Waals surface area contributed by atoms with Gasteiger partial charge in [-0.25, -0.2) is 0 Å². The molecule has 2 aromatic rings. The first kappa shape index (κ1) is 11.5.